The summed E-state index contributed by atoms with van der Waals surface area (Å²) in [4.78, 5) is 12.7. The lowest BCUT2D eigenvalue weighted by Gasteiger charge is -2.10. The van der Waals surface area contributed by atoms with Gasteiger partial charge in [-0.2, -0.15) is 0 Å². The Kier molecular flexibility index (Phi) is 4.32. The number of carbonyl (C=O) groups is 1. The maximum atomic E-state index is 13.2. The van der Waals surface area contributed by atoms with Gasteiger partial charge in [-0.1, -0.05) is 0 Å². The second-order valence-electron chi connectivity index (χ2n) is 6.32. The van der Waals surface area contributed by atoms with Crippen LogP contribution in [0.3, 0.4) is 0 Å². The highest BCUT2D eigenvalue weighted by atomic mass is 19.1. The zero-order chi connectivity index (χ0) is 19.0. The SMILES string of the molecule is Cc1cc(C(=O)COc2ccc3c(c2)OCO3)c(C)n1-c1ccc(F)cc1. The average molecular weight is 367 g/mol. The number of nitrogens with zero attached hydrogens (tertiary/aromatic N) is 1. The van der Waals surface area contributed by atoms with Crippen LogP contribution in [0.2, 0.25) is 0 Å². The predicted molar refractivity (Wildman–Crippen MR) is 97.6 cm³/mol. The maximum absolute atomic E-state index is 13.2. The maximum Gasteiger partial charge on any atom is 0.231 e. The summed E-state index contributed by atoms with van der Waals surface area (Å²) >= 11 is 0. The van der Waals surface area contributed by atoms with Crippen LogP contribution < -0.4 is 14.2 Å². The van der Waals surface area contributed by atoms with Gasteiger partial charge in [0.15, 0.2) is 18.1 Å². The highest BCUT2D eigenvalue weighted by Crippen LogP contribution is 2.35. The third-order valence-electron chi connectivity index (χ3n) is 4.53. The molecule has 2 heterocycles. The number of hydrogen-bond acceptors (Lipinski definition) is 4. The molecule has 0 atom stereocenters. The summed E-state index contributed by atoms with van der Waals surface area (Å²) in [5, 5.41) is 0. The molecule has 27 heavy (non-hydrogen) atoms. The molecule has 138 valence electrons. The highest BCUT2D eigenvalue weighted by Gasteiger charge is 2.18. The van der Waals surface area contributed by atoms with Gasteiger partial charge in [0.1, 0.15) is 11.6 Å². The molecule has 0 fully saturated rings. The Morgan fingerprint density at radius 2 is 1.81 bits per heavy atom. The van der Waals surface area contributed by atoms with E-state index in [2.05, 4.69) is 0 Å². The van der Waals surface area contributed by atoms with Crippen LogP contribution in [0.25, 0.3) is 5.69 Å². The van der Waals surface area contributed by atoms with Crippen molar-refractivity contribution in [3.63, 3.8) is 0 Å². The Hall–Kier alpha value is -3.28. The minimum absolute atomic E-state index is 0.0899. The molecule has 3 aromatic rings. The summed E-state index contributed by atoms with van der Waals surface area (Å²) in [5.41, 5.74) is 3.07. The number of Topliss-reactive ketones (excluding diaryl/α,β-unsaturated/α-hetero) is 1. The molecule has 2 aromatic carbocycles. The van der Waals surface area contributed by atoms with E-state index >= 15 is 0 Å². The number of ether oxygens (including phenoxy) is 3. The summed E-state index contributed by atoms with van der Waals surface area (Å²) in [6, 6.07) is 13.2. The van der Waals surface area contributed by atoms with Gasteiger partial charge in [0, 0.05) is 28.7 Å². The Bertz CT molecular complexity index is 1010. The molecule has 0 radical (unpaired) electrons. The molecule has 0 unspecified atom stereocenters. The van der Waals surface area contributed by atoms with E-state index in [1.165, 1.54) is 12.1 Å². The number of aromatic nitrogens is 1. The van der Waals surface area contributed by atoms with Crippen LogP contribution in [0.4, 0.5) is 4.39 Å². The molecule has 5 nitrogen and oxygen atoms in total. The van der Waals surface area contributed by atoms with Gasteiger partial charge in [-0.15, -0.1) is 0 Å². The predicted octanol–water partition coefficient (Wildman–Crippen LogP) is 4.22. The smallest absolute Gasteiger partial charge is 0.231 e. The number of halogens is 1. The monoisotopic (exact) mass is 367 g/mol. The van der Waals surface area contributed by atoms with E-state index in [9.17, 15) is 9.18 Å². The van der Waals surface area contributed by atoms with Gasteiger partial charge < -0.3 is 18.8 Å². The number of rotatable bonds is 5. The van der Waals surface area contributed by atoms with Gasteiger partial charge in [-0.05, 0) is 56.3 Å². The largest absolute Gasteiger partial charge is 0.485 e. The standard InChI is InChI=1S/C21H18FNO4/c1-13-9-18(14(2)23(13)16-5-3-15(22)4-6-16)19(24)11-25-17-7-8-20-21(10-17)27-12-26-20/h3-10H,11-12H2,1-2H3. The zero-order valence-electron chi connectivity index (χ0n) is 15.0. The third-order valence-corrected chi connectivity index (χ3v) is 4.53. The lowest BCUT2D eigenvalue weighted by molar-refractivity contribution is 0.0920. The summed E-state index contributed by atoms with van der Waals surface area (Å²) < 4.78 is 31.3. The lowest BCUT2D eigenvalue weighted by Crippen LogP contribution is -2.12. The van der Waals surface area contributed by atoms with Crippen molar-refractivity contribution in [3.8, 4) is 22.9 Å². The second-order valence-corrected chi connectivity index (χ2v) is 6.32. The van der Waals surface area contributed by atoms with Crippen molar-refractivity contribution in [1.82, 2.24) is 4.57 Å². The lowest BCUT2D eigenvalue weighted by atomic mass is 10.1. The first-order valence-corrected chi connectivity index (χ1v) is 8.53. The van der Waals surface area contributed by atoms with Crippen LogP contribution in [0.15, 0.2) is 48.5 Å². The normalized spacial score (nSPS) is 12.3. The van der Waals surface area contributed by atoms with E-state index in [0.717, 1.165) is 17.1 Å². The van der Waals surface area contributed by atoms with E-state index in [0.29, 0.717) is 22.8 Å². The fraction of sp³-hybridized carbons (Fsp3) is 0.190. The molecular weight excluding hydrogens is 349 g/mol. The average Bonchev–Trinajstić information content (AvgIpc) is 3.24. The Labute approximate surface area is 155 Å². The number of ketones is 1. The van der Waals surface area contributed by atoms with E-state index < -0.39 is 0 Å². The van der Waals surface area contributed by atoms with Crippen LogP contribution in [0, 0.1) is 19.7 Å². The van der Waals surface area contributed by atoms with Crippen molar-refractivity contribution in [1.29, 1.82) is 0 Å². The van der Waals surface area contributed by atoms with E-state index in [1.54, 1.807) is 30.3 Å². The summed E-state index contributed by atoms with van der Waals surface area (Å²) in [6.45, 7) is 3.87. The van der Waals surface area contributed by atoms with Crippen molar-refractivity contribution in [2.24, 2.45) is 0 Å². The van der Waals surface area contributed by atoms with Crippen LogP contribution in [0.5, 0.6) is 17.2 Å². The first kappa shape index (κ1) is 17.1. The van der Waals surface area contributed by atoms with Gasteiger partial charge in [-0.25, -0.2) is 4.39 Å². The molecular formula is C21H18FNO4. The van der Waals surface area contributed by atoms with Crippen molar-refractivity contribution < 1.29 is 23.4 Å². The fourth-order valence-electron chi connectivity index (χ4n) is 3.23. The minimum atomic E-state index is -0.297. The first-order valence-electron chi connectivity index (χ1n) is 8.53. The molecule has 0 bridgehead atoms. The van der Waals surface area contributed by atoms with E-state index in [-0.39, 0.29) is 25.0 Å². The molecule has 6 heteroatoms. The number of fused-ring (bicyclic) bond motifs is 1. The molecule has 4 rings (SSSR count). The van der Waals surface area contributed by atoms with E-state index in [1.807, 2.05) is 24.5 Å². The number of hydrogen-bond donors (Lipinski definition) is 0. The number of aryl methyl sites for hydroxylation is 1. The fourth-order valence-corrected chi connectivity index (χ4v) is 3.23. The number of carbonyl (C=O) groups excluding carboxylic acids is 1. The van der Waals surface area contributed by atoms with Crippen LogP contribution in [-0.4, -0.2) is 23.8 Å². The third kappa shape index (κ3) is 3.26. The van der Waals surface area contributed by atoms with Gasteiger partial charge in [0.25, 0.3) is 0 Å². The number of benzene rings is 2. The van der Waals surface area contributed by atoms with Gasteiger partial charge in [0.2, 0.25) is 12.6 Å². The van der Waals surface area contributed by atoms with Crippen LogP contribution >= 0.6 is 0 Å². The topological polar surface area (TPSA) is 49.7 Å². The quantitative estimate of drug-likeness (QED) is 0.634. The molecule has 0 N–H and O–H groups in total. The van der Waals surface area contributed by atoms with Gasteiger partial charge >= 0.3 is 0 Å². The molecule has 0 aliphatic carbocycles. The Morgan fingerprint density at radius 1 is 1.07 bits per heavy atom. The Morgan fingerprint density at radius 3 is 2.59 bits per heavy atom. The molecule has 1 aliphatic heterocycles. The highest BCUT2D eigenvalue weighted by molar-refractivity contribution is 5.98. The zero-order valence-corrected chi connectivity index (χ0v) is 15.0. The van der Waals surface area contributed by atoms with Crippen LogP contribution in [-0.2, 0) is 0 Å². The molecule has 0 saturated heterocycles. The summed E-state index contributed by atoms with van der Waals surface area (Å²) in [7, 11) is 0. The van der Waals surface area contributed by atoms with E-state index in [4.69, 9.17) is 14.2 Å². The summed E-state index contributed by atoms with van der Waals surface area (Å²) in [5.74, 6) is 1.38. The van der Waals surface area contributed by atoms with Crippen LogP contribution in [0.1, 0.15) is 21.7 Å². The van der Waals surface area contributed by atoms with Crippen molar-refractivity contribution in [2.75, 3.05) is 13.4 Å². The Balaban J connectivity index is 1.52. The van der Waals surface area contributed by atoms with Crippen molar-refractivity contribution in [3.05, 3.63) is 71.3 Å². The second kappa shape index (κ2) is 6.79. The summed E-state index contributed by atoms with van der Waals surface area (Å²) in [6.07, 6.45) is 0. The molecule has 0 amide bonds. The van der Waals surface area contributed by atoms with Gasteiger partial charge in [-0.3, -0.25) is 4.79 Å². The van der Waals surface area contributed by atoms with Crippen molar-refractivity contribution >= 4 is 5.78 Å². The minimum Gasteiger partial charge on any atom is -0.485 e. The first-order chi connectivity index (χ1) is 13.0. The molecule has 0 spiro atoms. The van der Waals surface area contributed by atoms with Gasteiger partial charge in [0.05, 0.1) is 0 Å². The molecule has 1 aliphatic rings. The molecule has 1 aromatic heterocycles. The van der Waals surface area contributed by atoms with Crippen molar-refractivity contribution in [2.45, 2.75) is 13.8 Å². The molecule has 0 saturated carbocycles.